The SMILES string of the molecule is CC[C@@H](C(=O)NC)N(Cc1ccccc1C)C(=O)CN(c1ccc(C)cc1C)S(=O)(=O)c1ccccc1. The molecule has 0 aliphatic rings. The van der Waals surface area contributed by atoms with Crippen LogP contribution in [0.4, 0.5) is 5.69 Å². The average Bonchev–Trinajstić information content (AvgIpc) is 2.88. The summed E-state index contributed by atoms with van der Waals surface area (Å²) in [6, 6.07) is 20.4. The fourth-order valence-corrected chi connectivity index (χ4v) is 5.88. The van der Waals surface area contributed by atoms with Gasteiger partial charge in [0.25, 0.3) is 10.0 Å². The number of nitrogens with zero attached hydrogens (tertiary/aromatic N) is 2. The highest BCUT2D eigenvalue weighted by molar-refractivity contribution is 7.92. The summed E-state index contributed by atoms with van der Waals surface area (Å²) < 4.78 is 28.8. The molecule has 3 aromatic rings. The van der Waals surface area contributed by atoms with Crippen molar-refractivity contribution in [1.82, 2.24) is 10.2 Å². The van der Waals surface area contributed by atoms with Crippen LogP contribution in [0.2, 0.25) is 0 Å². The Hall–Kier alpha value is -3.65. The van der Waals surface area contributed by atoms with Crippen LogP contribution >= 0.6 is 0 Å². The maximum Gasteiger partial charge on any atom is 0.264 e. The zero-order valence-corrected chi connectivity index (χ0v) is 22.9. The highest BCUT2D eigenvalue weighted by Gasteiger charge is 2.34. The van der Waals surface area contributed by atoms with Gasteiger partial charge in [-0.15, -0.1) is 0 Å². The van der Waals surface area contributed by atoms with Gasteiger partial charge in [0.1, 0.15) is 12.6 Å². The van der Waals surface area contributed by atoms with Crippen molar-refractivity contribution in [3.05, 3.63) is 95.1 Å². The van der Waals surface area contributed by atoms with Crippen LogP contribution in [-0.4, -0.2) is 44.8 Å². The first kappa shape index (κ1) is 27.9. The Morgan fingerprint density at radius 3 is 2.14 bits per heavy atom. The molecule has 3 aromatic carbocycles. The Balaban J connectivity index is 2.10. The summed E-state index contributed by atoms with van der Waals surface area (Å²) in [7, 11) is -2.54. The van der Waals surface area contributed by atoms with E-state index in [1.807, 2.05) is 64.1 Å². The molecular weight excluding hydrogens is 486 g/mol. The molecule has 0 aliphatic heterocycles. The molecule has 0 radical (unpaired) electrons. The van der Waals surface area contributed by atoms with Crippen molar-refractivity contribution in [2.45, 2.75) is 51.6 Å². The molecule has 0 aliphatic carbocycles. The molecule has 1 N–H and O–H groups in total. The van der Waals surface area contributed by atoms with Crippen molar-refractivity contribution >= 4 is 27.5 Å². The smallest absolute Gasteiger partial charge is 0.264 e. The molecule has 0 saturated heterocycles. The first-order valence-corrected chi connectivity index (χ1v) is 13.7. The number of aryl methyl sites for hydroxylation is 3. The minimum absolute atomic E-state index is 0.0894. The Kier molecular flexibility index (Phi) is 9.10. The van der Waals surface area contributed by atoms with Crippen LogP contribution in [0, 0.1) is 20.8 Å². The number of amides is 2. The lowest BCUT2D eigenvalue weighted by Gasteiger charge is -2.33. The van der Waals surface area contributed by atoms with E-state index in [9.17, 15) is 18.0 Å². The van der Waals surface area contributed by atoms with Gasteiger partial charge >= 0.3 is 0 Å². The van der Waals surface area contributed by atoms with Crippen molar-refractivity contribution in [2.24, 2.45) is 0 Å². The zero-order valence-electron chi connectivity index (χ0n) is 22.1. The van der Waals surface area contributed by atoms with E-state index < -0.39 is 28.5 Å². The van der Waals surface area contributed by atoms with E-state index >= 15 is 0 Å². The second-order valence-corrected chi connectivity index (χ2v) is 11.0. The van der Waals surface area contributed by atoms with Gasteiger partial charge in [-0.3, -0.25) is 13.9 Å². The van der Waals surface area contributed by atoms with Gasteiger partial charge in [0.15, 0.2) is 0 Å². The first-order valence-electron chi connectivity index (χ1n) is 12.3. The Morgan fingerprint density at radius 2 is 1.54 bits per heavy atom. The number of carbonyl (C=O) groups is 2. The summed E-state index contributed by atoms with van der Waals surface area (Å²) in [5, 5.41) is 2.64. The fourth-order valence-electron chi connectivity index (χ4n) is 4.38. The summed E-state index contributed by atoms with van der Waals surface area (Å²) in [5.74, 6) is -0.758. The van der Waals surface area contributed by atoms with Crippen LogP contribution in [0.3, 0.4) is 0 Å². The summed E-state index contributed by atoms with van der Waals surface area (Å²) in [5.41, 5.74) is 4.01. The van der Waals surface area contributed by atoms with Gasteiger partial charge in [-0.25, -0.2) is 8.42 Å². The van der Waals surface area contributed by atoms with Gasteiger partial charge in [0, 0.05) is 13.6 Å². The van der Waals surface area contributed by atoms with Crippen molar-refractivity contribution in [2.75, 3.05) is 17.9 Å². The molecule has 0 spiro atoms. The summed E-state index contributed by atoms with van der Waals surface area (Å²) >= 11 is 0. The molecule has 37 heavy (non-hydrogen) atoms. The van der Waals surface area contributed by atoms with E-state index in [4.69, 9.17) is 0 Å². The number of rotatable bonds is 10. The standard InChI is InChI=1S/C29H35N3O4S/c1-6-26(29(34)30-5)31(19-24-13-11-10-12-22(24)3)28(33)20-32(27-17-16-21(2)18-23(27)4)37(35,36)25-14-8-7-9-15-25/h7-18,26H,6,19-20H2,1-5H3,(H,30,34)/t26-/m0/s1. The number of sulfonamides is 1. The molecule has 3 rings (SSSR count). The largest absolute Gasteiger partial charge is 0.357 e. The third kappa shape index (κ3) is 6.38. The number of benzene rings is 3. The molecule has 196 valence electrons. The number of hydrogen-bond acceptors (Lipinski definition) is 4. The average molecular weight is 522 g/mol. The summed E-state index contributed by atoms with van der Waals surface area (Å²) in [4.78, 5) is 28.3. The third-order valence-corrected chi connectivity index (χ3v) is 8.24. The Morgan fingerprint density at radius 1 is 0.892 bits per heavy atom. The summed E-state index contributed by atoms with van der Waals surface area (Å²) in [6.07, 6.45) is 0.381. The number of carbonyl (C=O) groups excluding carboxylic acids is 2. The van der Waals surface area contributed by atoms with E-state index in [0.29, 0.717) is 12.1 Å². The molecular formula is C29H35N3O4S. The maximum absolute atomic E-state index is 14.0. The summed E-state index contributed by atoms with van der Waals surface area (Å²) in [6.45, 7) is 7.27. The quantitative estimate of drug-likeness (QED) is 0.430. The van der Waals surface area contributed by atoms with Gasteiger partial charge in [-0.05, 0) is 62.1 Å². The second kappa shape index (κ2) is 12.1. The van der Waals surface area contributed by atoms with Crippen LogP contribution in [0.5, 0.6) is 0 Å². The molecule has 7 nitrogen and oxygen atoms in total. The predicted octanol–water partition coefficient (Wildman–Crippen LogP) is 4.36. The van der Waals surface area contributed by atoms with Gasteiger partial charge < -0.3 is 10.2 Å². The number of nitrogens with one attached hydrogen (secondary N) is 1. The minimum Gasteiger partial charge on any atom is -0.357 e. The lowest BCUT2D eigenvalue weighted by atomic mass is 10.1. The predicted molar refractivity (Wildman–Crippen MR) is 147 cm³/mol. The number of anilines is 1. The maximum atomic E-state index is 14.0. The van der Waals surface area contributed by atoms with Crippen molar-refractivity contribution in [1.29, 1.82) is 0 Å². The second-order valence-electron chi connectivity index (χ2n) is 9.10. The van der Waals surface area contributed by atoms with Crippen LogP contribution in [0.15, 0.2) is 77.7 Å². The first-order chi connectivity index (χ1) is 17.6. The molecule has 0 fully saturated rings. The van der Waals surface area contributed by atoms with Crippen molar-refractivity contribution in [3.63, 3.8) is 0 Å². The van der Waals surface area contributed by atoms with Gasteiger partial charge in [0.05, 0.1) is 10.6 Å². The topological polar surface area (TPSA) is 86.8 Å². The number of likely N-dealkylation sites (N-methyl/N-ethyl adjacent to an activating group) is 1. The molecule has 0 aromatic heterocycles. The van der Waals surface area contributed by atoms with Crippen LogP contribution in [-0.2, 0) is 26.2 Å². The third-order valence-electron chi connectivity index (χ3n) is 6.47. The van der Waals surface area contributed by atoms with Crippen molar-refractivity contribution in [3.8, 4) is 0 Å². The van der Waals surface area contributed by atoms with E-state index in [-0.39, 0.29) is 17.3 Å². The van der Waals surface area contributed by atoms with Crippen LogP contribution in [0.25, 0.3) is 0 Å². The van der Waals surface area contributed by atoms with Gasteiger partial charge in [0.2, 0.25) is 11.8 Å². The highest BCUT2D eigenvalue weighted by atomic mass is 32.2. The van der Waals surface area contributed by atoms with Gasteiger partial charge in [-0.1, -0.05) is 67.1 Å². The molecule has 0 bridgehead atoms. The molecule has 2 amide bonds. The van der Waals surface area contributed by atoms with Crippen LogP contribution in [0.1, 0.15) is 35.6 Å². The highest BCUT2D eigenvalue weighted by Crippen LogP contribution is 2.28. The molecule has 8 heteroatoms. The normalized spacial score (nSPS) is 12.0. The lowest BCUT2D eigenvalue weighted by molar-refractivity contribution is -0.140. The molecule has 0 unspecified atom stereocenters. The van der Waals surface area contributed by atoms with E-state index in [1.54, 1.807) is 24.3 Å². The molecule has 1 atom stereocenters. The molecule has 0 saturated carbocycles. The van der Waals surface area contributed by atoms with Crippen molar-refractivity contribution < 1.29 is 18.0 Å². The zero-order chi connectivity index (χ0) is 27.2. The number of hydrogen-bond donors (Lipinski definition) is 1. The Labute approximate surface area is 220 Å². The van der Waals surface area contributed by atoms with Gasteiger partial charge in [-0.2, -0.15) is 0 Å². The lowest BCUT2D eigenvalue weighted by Crippen LogP contribution is -2.52. The fraction of sp³-hybridized carbons (Fsp3) is 0.310. The minimum atomic E-state index is -4.07. The van der Waals surface area contributed by atoms with Crippen LogP contribution < -0.4 is 9.62 Å². The van der Waals surface area contributed by atoms with E-state index in [1.165, 1.54) is 24.1 Å². The monoisotopic (exact) mass is 521 g/mol. The van der Waals surface area contributed by atoms with E-state index in [0.717, 1.165) is 26.6 Å². The molecule has 0 heterocycles. The van der Waals surface area contributed by atoms with E-state index in [2.05, 4.69) is 5.32 Å². The Bertz CT molecular complexity index is 1360.